The van der Waals surface area contributed by atoms with E-state index in [1.54, 1.807) is 11.0 Å². The molecule has 2 heterocycles. The molecule has 3 rings (SSSR count). The number of hydrogen-bond donors (Lipinski definition) is 1. The van der Waals surface area contributed by atoms with Gasteiger partial charge in [-0.25, -0.2) is 4.39 Å². The second-order valence-electron chi connectivity index (χ2n) is 6.15. The van der Waals surface area contributed by atoms with Crippen molar-refractivity contribution < 1.29 is 23.5 Å². The van der Waals surface area contributed by atoms with Crippen molar-refractivity contribution >= 4 is 17.7 Å². The van der Waals surface area contributed by atoms with E-state index < -0.39 is 24.2 Å². The van der Waals surface area contributed by atoms with E-state index in [1.165, 1.54) is 30.5 Å². The second-order valence-corrected chi connectivity index (χ2v) is 6.15. The number of esters is 1. The highest BCUT2D eigenvalue weighted by Crippen LogP contribution is 2.14. The summed E-state index contributed by atoms with van der Waals surface area (Å²) < 4.78 is 18.4. The van der Waals surface area contributed by atoms with E-state index in [2.05, 4.69) is 4.98 Å². The topological polar surface area (TPSA) is 79.5 Å². The van der Waals surface area contributed by atoms with Crippen LogP contribution in [0.3, 0.4) is 0 Å². The molecule has 0 radical (unpaired) electrons. The van der Waals surface area contributed by atoms with Crippen molar-refractivity contribution in [2.45, 2.75) is 19.3 Å². The number of benzene rings is 1. The molecule has 0 saturated carbocycles. The van der Waals surface area contributed by atoms with Gasteiger partial charge < -0.3 is 14.6 Å². The number of hydrogen-bond acceptors (Lipinski definition) is 4. The quantitative estimate of drug-likeness (QED) is 0.635. The van der Waals surface area contributed by atoms with Gasteiger partial charge in [0.2, 0.25) is 5.78 Å². The number of nitrogens with one attached hydrogen (secondary N) is 1. The maximum absolute atomic E-state index is 13.5. The second kappa shape index (κ2) is 7.95. The largest absolute Gasteiger partial charge is 0.457 e. The molecule has 0 bridgehead atoms. The molecule has 2 aromatic rings. The number of amides is 1. The monoisotopic (exact) mass is 358 g/mol. The molecule has 7 heteroatoms. The first-order valence-corrected chi connectivity index (χ1v) is 8.44. The van der Waals surface area contributed by atoms with Gasteiger partial charge in [-0.3, -0.25) is 14.4 Å². The fourth-order valence-corrected chi connectivity index (χ4v) is 2.85. The summed E-state index contributed by atoms with van der Waals surface area (Å²) in [7, 11) is 0. The number of ether oxygens (including phenoxy) is 1. The number of Topliss-reactive ketones (excluding diaryl/α,β-unsaturated/α-hetero) is 1. The lowest BCUT2D eigenvalue weighted by Gasteiger charge is -2.13. The smallest absolute Gasteiger partial charge is 0.310 e. The normalized spacial score (nSPS) is 13.7. The standard InChI is InChI=1S/C19H19FN2O4/c20-15-6-2-1-5-13(15)10-18(24)26-12-17(23)14-9-16(21-11-14)19(25)22-7-3-4-8-22/h1-2,5-6,9,11,21H,3-4,7-8,10,12H2. The summed E-state index contributed by atoms with van der Waals surface area (Å²) in [4.78, 5) is 40.7. The lowest BCUT2D eigenvalue weighted by Crippen LogP contribution is -2.27. The Hall–Kier alpha value is -2.96. The minimum absolute atomic E-state index is 0.141. The highest BCUT2D eigenvalue weighted by Gasteiger charge is 2.22. The Morgan fingerprint density at radius 3 is 2.62 bits per heavy atom. The Morgan fingerprint density at radius 2 is 1.88 bits per heavy atom. The zero-order chi connectivity index (χ0) is 18.5. The van der Waals surface area contributed by atoms with Crippen LogP contribution in [0.5, 0.6) is 0 Å². The first-order chi connectivity index (χ1) is 12.5. The fraction of sp³-hybridized carbons (Fsp3) is 0.316. The van der Waals surface area contributed by atoms with E-state index in [-0.39, 0.29) is 23.5 Å². The number of nitrogens with zero attached hydrogens (tertiary/aromatic N) is 1. The molecule has 1 aromatic carbocycles. The average Bonchev–Trinajstić information content (AvgIpc) is 3.33. The van der Waals surface area contributed by atoms with Crippen LogP contribution in [-0.2, 0) is 16.0 Å². The van der Waals surface area contributed by atoms with Crippen molar-refractivity contribution in [2.24, 2.45) is 0 Å². The number of likely N-dealkylation sites (tertiary alicyclic amines) is 1. The summed E-state index contributed by atoms with van der Waals surface area (Å²) in [5, 5.41) is 0. The van der Waals surface area contributed by atoms with Gasteiger partial charge in [0.25, 0.3) is 5.91 Å². The molecule has 0 spiro atoms. The Labute approximate surface area is 149 Å². The molecule has 1 N–H and O–H groups in total. The summed E-state index contributed by atoms with van der Waals surface area (Å²) in [6.07, 6.45) is 3.15. The zero-order valence-corrected chi connectivity index (χ0v) is 14.2. The van der Waals surface area contributed by atoms with Gasteiger partial charge in [0.1, 0.15) is 11.5 Å². The summed E-state index contributed by atoms with van der Waals surface area (Å²) in [5.74, 6) is -1.75. The summed E-state index contributed by atoms with van der Waals surface area (Å²) >= 11 is 0. The number of carbonyl (C=O) groups is 3. The molecule has 1 fully saturated rings. The number of aromatic amines is 1. The molecule has 26 heavy (non-hydrogen) atoms. The molecule has 0 atom stereocenters. The molecule has 136 valence electrons. The van der Waals surface area contributed by atoms with Crippen LogP contribution in [0.25, 0.3) is 0 Å². The fourth-order valence-electron chi connectivity index (χ4n) is 2.85. The number of aromatic nitrogens is 1. The molecule has 6 nitrogen and oxygen atoms in total. The van der Waals surface area contributed by atoms with Crippen LogP contribution in [0.1, 0.15) is 39.3 Å². The molecule has 1 aromatic heterocycles. The van der Waals surface area contributed by atoms with Gasteiger partial charge in [-0.1, -0.05) is 18.2 Å². The maximum Gasteiger partial charge on any atom is 0.310 e. The highest BCUT2D eigenvalue weighted by molar-refractivity contribution is 6.01. The van der Waals surface area contributed by atoms with Crippen LogP contribution in [0.15, 0.2) is 36.5 Å². The van der Waals surface area contributed by atoms with Gasteiger partial charge in [0.05, 0.1) is 6.42 Å². The summed E-state index contributed by atoms with van der Waals surface area (Å²) in [5.41, 5.74) is 0.823. The number of rotatable bonds is 6. The van der Waals surface area contributed by atoms with Gasteiger partial charge in [0, 0.05) is 24.8 Å². The minimum Gasteiger partial charge on any atom is -0.457 e. The van der Waals surface area contributed by atoms with E-state index in [4.69, 9.17) is 4.74 Å². The van der Waals surface area contributed by atoms with Crippen molar-refractivity contribution in [3.8, 4) is 0 Å². The first kappa shape index (κ1) is 17.8. The number of carbonyl (C=O) groups excluding carboxylic acids is 3. The van der Waals surface area contributed by atoms with Gasteiger partial charge in [0.15, 0.2) is 6.61 Å². The van der Waals surface area contributed by atoms with Crippen LogP contribution >= 0.6 is 0 Å². The lowest BCUT2D eigenvalue weighted by molar-refractivity contribution is -0.141. The summed E-state index contributed by atoms with van der Waals surface area (Å²) in [6.45, 7) is 0.978. The predicted molar refractivity (Wildman–Crippen MR) is 91.3 cm³/mol. The summed E-state index contributed by atoms with van der Waals surface area (Å²) in [6, 6.07) is 7.36. The Bertz CT molecular complexity index is 824. The first-order valence-electron chi connectivity index (χ1n) is 8.44. The molecule has 0 aliphatic carbocycles. The van der Waals surface area contributed by atoms with E-state index in [0.717, 1.165) is 25.9 Å². The van der Waals surface area contributed by atoms with Crippen LogP contribution in [0, 0.1) is 5.82 Å². The minimum atomic E-state index is -0.688. The maximum atomic E-state index is 13.5. The molecular weight excluding hydrogens is 339 g/mol. The lowest BCUT2D eigenvalue weighted by atomic mass is 10.1. The Kier molecular flexibility index (Phi) is 5.46. The van der Waals surface area contributed by atoms with Gasteiger partial charge in [-0.15, -0.1) is 0 Å². The third-order valence-electron chi connectivity index (χ3n) is 4.29. The van der Waals surface area contributed by atoms with Crippen LogP contribution in [0.2, 0.25) is 0 Å². The van der Waals surface area contributed by atoms with Crippen molar-refractivity contribution in [1.29, 1.82) is 0 Å². The van der Waals surface area contributed by atoms with Crippen LogP contribution < -0.4 is 0 Å². The molecule has 1 saturated heterocycles. The van der Waals surface area contributed by atoms with Gasteiger partial charge in [-0.05, 0) is 30.5 Å². The average molecular weight is 358 g/mol. The zero-order valence-electron chi connectivity index (χ0n) is 14.2. The van der Waals surface area contributed by atoms with Gasteiger partial charge in [-0.2, -0.15) is 0 Å². The molecule has 1 aliphatic heterocycles. The van der Waals surface area contributed by atoms with Gasteiger partial charge >= 0.3 is 5.97 Å². The van der Waals surface area contributed by atoms with E-state index >= 15 is 0 Å². The van der Waals surface area contributed by atoms with E-state index in [0.29, 0.717) is 5.69 Å². The van der Waals surface area contributed by atoms with E-state index in [1.807, 2.05) is 0 Å². The highest BCUT2D eigenvalue weighted by atomic mass is 19.1. The van der Waals surface area contributed by atoms with Crippen molar-refractivity contribution in [1.82, 2.24) is 9.88 Å². The predicted octanol–water partition coefficient (Wildman–Crippen LogP) is 2.36. The number of halogens is 1. The third kappa shape index (κ3) is 4.17. The van der Waals surface area contributed by atoms with Crippen LogP contribution in [-0.4, -0.2) is 47.2 Å². The molecule has 0 unspecified atom stereocenters. The third-order valence-corrected chi connectivity index (χ3v) is 4.29. The number of ketones is 1. The van der Waals surface area contributed by atoms with Crippen molar-refractivity contribution in [2.75, 3.05) is 19.7 Å². The SMILES string of the molecule is O=C(Cc1ccccc1F)OCC(=O)c1c[nH]c(C(=O)N2CCCC2)c1. The number of H-pyrrole nitrogens is 1. The molecule has 1 amide bonds. The van der Waals surface area contributed by atoms with Crippen molar-refractivity contribution in [3.63, 3.8) is 0 Å². The molecular formula is C19H19FN2O4. The van der Waals surface area contributed by atoms with E-state index in [9.17, 15) is 18.8 Å². The Balaban J connectivity index is 1.53. The van der Waals surface area contributed by atoms with Crippen LogP contribution in [0.4, 0.5) is 4.39 Å². The molecule has 1 aliphatic rings. The van der Waals surface area contributed by atoms with Crippen molar-refractivity contribution in [3.05, 3.63) is 59.2 Å². The Morgan fingerprint density at radius 1 is 1.15 bits per heavy atom.